The Bertz CT molecular complexity index is 1090. The van der Waals surface area contributed by atoms with Crippen LogP contribution in [0.1, 0.15) is 31.7 Å². The smallest absolute Gasteiger partial charge is 0.242 e. The maximum Gasteiger partial charge on any atom is 0.242 e. The normalized spacial score (nSPS) is 12.0. The van der Waals surface area contributed by atoms with Crippen molar-refractivity contribution >= 4 is 39.1 Å². The standard InChI is InChI=1S/C24H32ClN3O5S/c1-5-20(24(30)26-2)27(17-18-11-6-7-12-19(18)25)23(29)15-10-16-28(34(4,31)32)21-13-8-9-14-22(21)33-3/h6-9,11-14,20H,5,10,15-17H2,1-4H3,(H,26,30)/t20-/m1/s1. The first kappa shape index (κ1) is 27.5. The molecular weight excluding hydrogens is 478 g/mol. The minimum absolute atomic E-state index is 0.0547. The number of nitrogens with one attached hydrogen (secondary N) is 1. The number of rotatable bonds is 12. The van der Waals surface area contributed by atoms with Gasteiger partial charge in [0.1, 0.15) is 11.8 Å². The summed E-state index contributed by atoms with van der Waals surface area (Å²) in [4.78, 5) is 27.3. The Balaban J connectivity index is 2.23. The topological polar surface area (TPSA) is 96.0 Å². The van der Waals surface area contributed by atoms with E-state index in [2.05, 4.69) is 5.32 Å². The van der Waals surface area contributed by atoms with Crippen LogP contribution in [0, 0.1) is 0 Å². The van der Waals surface area contributed by atoms with E-state index in [1.165, 1.54) is 23.4 Å². The summed E-state index contributed by atoms with van der Waals surface area (Å²) in [5.74, 6) is -0.108. The molecule has 2 aromatic carbocycles. The van der Waals surface area contributed by atoms with Crippen LogP contribution in [0.5, 0.6) is 5.75 Å². The second-order valence-corrected chi connectivity index (χ2v) is 10.1. The van der Waals surface area contributed by atoms with Crippen molar-refractivity contribution in [3.63, 3.8) is 0 Å². The second-order valence-electron chi connectivity index (χ2n) is 7.76. The van der Waals surface area contributed by atoms with Crippen LogP contribution in [-0.2, 0) is 26.2 Å². The Kier molecular flexibility index (Phi) is 10.2. The maximum atomic E-state index is 13.3. The van der Waals surface area contributed by atoms with Crippen LogP contribution in [0.3, 0.4) is 0 Å². The molecule has 8 nitrogen and oxygen atoms in total. The van der Waals surface area contributed by atoms with E-state index in [9.17, 15) is 18.0 Å². The van der Waals surface area contributed by atoms with Crippen molar-refractivity contribution in [2.45, 2.75) is 38.8 Å². The fraction of sp³-hybridized carbons (Fsp3) is 0.417. The molecule has 0 aliphatic heterocycles. The lowest BCUT2D eigenvalue weighted by Gasteiger charge is -2.31. The van der Waals surface area contributed by atoms with Crippen LogP contribution in [0.2, 0.25) is 5.02 Å². The van der Waals surface area contributed by atoms with Gasteiger partial charge in [-0.05, 0) is 36.6 Å². The number of hydrogen-bond acceptors (Lipinski definition) is 5. The number of benzene rings is 2. The van der Waals surface area contributed by atoms with Crippen LogP contribution in [-0.4, -0.2) is 58.1 Å². The van der Waals surface area contributed by atoms with Crippen LogP contribution in [0.15, 0.2) is 48.5 Å². The van der Waals surface area contributed by atoms with E-state index < -0.39 is 16.1 Å². The Morgan fingerprint density at radius 2 is 1.76 bits per heavy atom. The number of sulfonamides is 1. The maximum absolute atomic E-state index is 13.3. The number of anilines is 1. The zero-order valence-electron chi connectivity index (χ0n) is 20.0. The molecule has 2 aromatic rings. The fourth-order valence-electron chi connectivity index (χ4n) is 3.71. The van der Waals surface area contributed by atoms with E-state index in [0.717, 1.165) is 11.8 Å². The van der Waals surface area contributed by atoms with Gasteiger partial charge in [-0.1, -0.05) is 48.9 Å². The molecular formula is C24H32ClN3O5S. The number of ether oxygens (including phenoxy) is 1. The molecule has 186 valence electrons. The van der Waals surface area contributed by atoms with Gasteiger partial charge in [-0.15, -0.1) is 0 Å². The van der Waals surface area contributed by atoms with E-state index in [4.69, 9.17) is 16.3 Å². The molecule has 0 saturated heterocycles. The summed E-state index contributed by atoms with van der Waals surface area (Å²) in [6.07, 6.45) is 1.85. The third-order valence-electron chi connectivity index (χ3n) is 5.44. The highest BCUT2D eigenvalue weighted by molar-refractivity contribution is 7.92. The van der Waals surface area contributed by atoms with Gasteiger partial charge in [0.05, 0.1) is 19.1 Å². The van der Waals surface area contributed by atoms with E-state index >= 15 is 0 Å². The zero-order valence-corrected chi connectivity index (χ0v) is 21.5. The zero-order chi connectivity index (χ0) is 25.3. The molecule has 0 bridgehead atoms. The quantitative estimate of drug-likeness (QED) is 0.472. The van der Waals surface area contributed by atoms with Crippen LogP contribution < -0.4 is 14.4 Å². The van der Waals surface area contributed by atoms with Gasteiger partial charge in [0.2, 0.25) is 21.8 Å². The predicted octanol–water partition coefficient (Wildman–Crippen LogP) is 3.45. The summed E-state index contributed by atoms with van der Waals surface area (Å²) in [6, 6.07) is 13.3. The molecule has 10 heteroatoms. The predicted molar refractivity (Wildman–Crippen MR) is 135 cm³/mol. The number of nitrogens with zero attached hydrogens (tertiary/aromatic N) is 2. The largest absolute Gasteiger partial charge is 0.495 e. The molecule has 0 fully saturated rings. The van der Waals surface area contributed by atoms with Crippen molar-refractivity contribution in [3.8, 4) is 5.75 Å². The first-order valence-corrected chi connectivity index (χ1v) is 13.2. The highest BCUT2D eigenvalue weighted by atomic mass is 35.5. The Morgan fingerprint density at radius 3 is 2.35 bits per heavy atom. The minimum atomic E-state index is -3.61. The van der Waals surface area contributed by atoms with Gasteiger partial charge in [0, 0.05) is 31.6 Å². The lowest BCUT2D eigenvalue weighted by atomic mass is 10.1. The van der Waals surface area contributed by atoms with Gasteiger partial charge in [0.25, 0.3) is 0 Å². The molecule has 0 aliphatic rings. The highest BCUT2D eigenvalue weighted by Gasteiger charge is 2.29. The summed E-state index contributed by atoms with van der Waals surface area (Å²) in [6.45, 7) is 2.09. The van der Waals surface area contributed by atoms with Crippen LogP contribution in [0.25, 0.3) is 0 Å². The average molecular weight is 510 g/mol. The number of carbonyl (C=O) groups is 2. The minimum Gasteiger partial charge on any atom is -0.495 e. The van der Waals surface area contributed by atoms with Crippen molar-refractivity contribution in [2.75, 3.05) is 31.3 Å². The molecule has 2 amide bonds. The molecule has 0 radical (unpaired) electrons. The molecule has 34 heavy (non-hydrogen) atoms. The van der Waals surface area contributed by atoms with Gasteiger partial charge < -0.3 is 15.0 Å². The Hall–Kier alpha value is -2.78. The first-order chi connectivity index (χ1) is 16.1. The molecule has 0 spiro atoms. The number of amides is 2. The highest BCUT2D eigenvalue weighted by Crippen LogP contribution is 2.30. The third-order valence-corrected chi connectivity index (χ3v) is 6.99. The Labute approximate surface area is 206 Å². The summed E-state index contributed by atoms with van der Waals surface area (Å²) >= 11 is 6.30. The van der Waals surface area contributed by atoms with Gasteiger partial charge in [-0.3, -0.25) is 13.9 Å². The van der Waals surface area contributed by atoms with Gasteiger partial charge in [-0.25, -0.2) is 8.42 Å². The molecule has 1 atom stereocenters. The number of para-hydroxylation sites is 2. The van der Waals surface area contributed by atoms with Crippen LogP contribution in [0.4, 0.5) is 5.69 Å². The van der Waals surface area contributed by atoms with Crippen molar-refractivity contribution in [1.29, 1.82) is 0 Å². The molecule has 0 unspecified atom stereocenters. The summed E-state index contributed by atoms with van der Waals surface area (Å²) in [5.41, 5.74) is 1.14. The number of methoxy groups -OCH3 is 1. The lowest BCUT2D eigenvalue weighted by molar-refractivity contribution is -0.141. The van der Waals surface area contributed by atoms with Crippen molar-refractivity contribution in [1.82, 2.24) is 10.2 Å². The monoisotopic (exact) mass is 509 g/mol. The number of carbonyl (C=O) groups excluding carboxylic acids is 2. The Morgan fingerprint density at radius 1 is 1.12 bits per heavy atom. The average Bonchev–Trinajstić information content (AvgIpc) is 2.81. The number of hydrogen-bond donors (Lipinski definition) is 1. The van der Waals surface area contributed by atoms with E-state index in [-0.39, 0.29) is 37.7 Å². The molecule has 1 N–H and O–H groups in total. The van der Waals surface area contributed by atoms with Crippen molar-refractivity contribution in [2.24, 2.45) is 0 Å². The SMILES string of the molecule is CC[C@H](C(=O)NC)N(Cc1ccccc1Cl)C(=O)CCCN(c1ccccc1OC)S(C)(=O)=O. The summed E-state index contributed by atoms with van der Waals surface area (Å²) in [5, 5.41) is 3.12. The van der Waals surface area contributed by atoms with Crippen molar-refractivity contribution in [3.05, 3.63) is 59.1 Å². The molecule has 2 rings (SSSR count). The summed E-state index contributed by atoms with van der Waals surface area (Å²) < 4.78 is 31.5. The number of likely N-dealkylation sites (N-methyl/N-ethyl adjacent to an activating group) is 1. The van der Waals surface area contributed by atoms with Gasteiger partial charge >= 0.3 is 0 Å². The van der Waals surface area contributed by atoms with Crippen LogP contribution >= 0.6 is 11.6 Å². The summed E-state index contributed by atoms with van der Waals surface area (Å²) in [7, 11) is -0.615. The van der Waals surface area contributed by atoms with E-state index in [1.54, 1.807) is 36.4 Å². The second kappa shape index (κ2) is 12.6. The molecule has 0 aromatic heterocycles. The van der Waals surface area contributed by atoms with E-state index in [1.807, 2.05) is 19.1 Å². The fourth-order valence-corrected chi connectivity index (χ4v) is 4.88. The van der Waals surface area contributed by atoms with E-state index in [0.29, 0.717) is 22.9 Å². The molecule has 0 saturated carbocycles. The van der Waals surface area contributed by atoms with Gasteiger partial charge in [-0.2, -0.15) is 0 Å². The molecule has 0 aliphatic carbocycles. The first-order valence-electron chi connectivity index (χ1n) is 11.0. The van der Waals surface area contributed by atoms with Gasteiger partial charge in [0.15, 0.2) is 0 Å². The molecule has 0 heterocycles. The third kappa shape index (κ3) is 7.11. The number of halogens is 1. The van der Waals surface area contributed by atoms with Crippen molar-refractivity contribution < 1.29 is 22.7 Å². The lowest BCUT2D eigenvalue weighted by Crippen LogP contribution is -2.48.